The lowest BCUT2D eigenvalue weighted by Gasteiger charge is -2.26. The van der Waals surface area contributed by atoms with Gasteiger partial charge in [-0.05, 0) is 56.6 Å². The van der Waals surface area contributed by atoms with Gasteiger partial charge in [-0.2, -0.15) is 4.98 Å². The molecular weight excluding hydrogens is 426 g/mol. The molecule has 3 aromatic rings. The van der Waals surface area contributed by atoms with Gasteiger partial charge in [0.05, 0.1) is 5.69 Å². The smallest absolute Gasteiger partial charge is 0.354 e. The molecule has 190 valence electrons. The number of fused-ring (bicyclic) bond motifs is 1. The van der Waals surface area contributed by atoms with Crippen LogP contribution < -0.4 is 17.2 Å². The van der Waals surface area contributed by atoms with E-state index in [4.69, 9.17) is 5.41 Å². The predicted octanol–water partition coefficient (Wildman–Crippen LogP) is 4.93. The Labute approximate surface area is 204 Å². The van der Waals surface area contributed by atoms with E-state index in [2.05, 4.69) is 38.5 Å². The second kappa shape index (κ2) is 17.4. The minimum absolute atomic E-state index is 0.256. The Bertz CT molecular complexity index is 996. The summed E-state index contributed by atoms with van der Waals surface area (Å²) < 4.78 is 1.61. The van der Waals surface area contributed by atoms with Gasteiger partial charge in [0.15, 0.2) is 5.96 Å². The van der Waals surface area contributed by atoms with E-state index in [0.717, 1.165) is 23.3 Å². The maximum Gasteiger partial charge on any atom is 0.354 e. The van der Waals surface area contributed by atoms with Gasteiger partial charge >= 0.3 is 5.69 Å². The number of guanidine groups is 1. The first-order valence-electron chi connectivity index (χ1n) is 12.4. The van der Waals surface area contributed by atoms with Crippen molar-refractivity contribution in [1.29, 1.82) is 5.41 Å². The van der Waals surface area contributed by atoms with Gasteiger partial charge in [0.1, 0.15) is 5.65 Å². The number of hydrogen-bond donors (Lipinski definition) is 4. The number of hydrogen-bond acceptors (Lipinski definition) is 4. The standard InChI is InChI=1S/C19H22N4O.3C2H6.CH5N3/c1-14-11-16-13-23(19(24)21-18(16)20-14)17-7-5-15(6-8-17)12-22-9-3-2-4-10-22;3*1-2;2-1(3)4/h5-8,11,13H,2-4,9-10,12H2,1H3,(H,20,21,24);3*1-2H3;(H5,2,3,4). The number of nitrogens with two attached hydrogens (primary N) is 2. The Morgan fingerprint density at radius 3 is 2.06 bits per heavy atom. The molecule has 6 N–H and O–H groups in total. The van der Waals surface area contributed by atoms with Crippen molar-refractivity contribution in [1.82, 2.24) is 19.4 Å². The second-order valence-corrected chi connectivity index (χ2v) is 7.11. The SMILES string of the molecule is CC.CC.CC.Cc1cc2cn(-c3ccc(CN4CCCCC4)cc3)c(=O)nc2[nH]1.N=C(N)N. The van der Waals surface area contributed by atoms with Crippen LogP contribution in [0, 0.1) is 12.3 Å². The molecule has 2 aromatic heterocycles. The zero-order chi connectivity index (χ0) is 26.1. The molecule has 0 radical (unpaired) electrons. The first kappa shape index (κ1) is 30.9. The Hall–Kier alpha value is -3.13. The first-order valence-corrected chi connectivity index (χ1v) is 12.4. The van der Waals surface area contributed by atoms with Crippen molar-refractivity contribution in [2.24, 2.45) is 11.5 Å². The van der Waals surface area contributed by atoms with Gasteiger partial charge in [-0.3, -0.25) is 14.9 Å². The molecule has 1 aromatic carbocycles. The van der Waals surface area contributed by atoms with Crippen LogP contribution in [0.5, 0.6) is 0 Å². The summed E-state index contributed by atoms with van der Waals surface area (Å²) in [5, 5.41) is 7.00. The summed E-state index contributed by atoms with van der Waals surface area (Å²) in [6.07, 6.45) is 5.81. The fourth-order valence-electron chi connectivity index (χ4n) is 3.45. The zero-order valence-corrected chi connectivity index (χ0v) is 22.1. The van der Waals surface area contributed by atoms with Crippen LogP contribution in [0.25, 0.3) is 16.7 Å². The number of aromatic amines is 1. The van der Waals surface area contributed by atoms with Crippen molar-refractivity contribution in [3.05, 3.63) is 58.3 Å². The molecule has 0 aliphatic carbocycles. The Balaban J connectivity index is 0.000000955. The maximum absolute atomic E-state index is 12.3. The molecule has 0 amide bonds. The van der Waals surface area contributed by atoms with E-state index in [0.29, 0.717) is 5.65 Å². The number of nitrogens with one attached hydrogen (secondary N) is 2. The molecule has 3 heterocycles. The minimum atomic E-state index is -0.333. The van der Waals surface area contributed by atoms with Gasteiger partial charge in [0.25, 0.3) is 0 Å². The van der Waals surface area contributed by atoms with Crippen molar-refractivity contribution < 1.29 is 0 Å². The van der Waals surface area contributed by atoms with Crippen LogP contribution in [-0.4, -0.2) is 38.5 Å². The van der Waals surface area contributed by atoms with Crippen molar-refractivity contribution >= 4 is 17.0 Å². The Morgan fingerprint density at radius 1 is 1.00 bits per heavy atom. The van der Waals surface area contributed by atoms with E-state index in [-0.39, 0.29) is 11.6 Å². The molecule has 8 nitrogen and oxygen atoms in total. The quantitative estimate of drug-likeness (QED) is 0.318. The lowest BCUT2D eigenvalue weighted by atomic mass is 10.1. The predicted molar refractivity (Wildman–Crippen MR) is 146 cm³/mol. The molecule has 34 heavy (non-hydrogen) atoms. The van der Waals surface area contributed by atoms with Crippen molar-refractivity contribution in [3.63, 3.8) is 0 Å². The molecule has 0 unspecified atom stereocenters. The molecular formula is C26H45N7O. The van der Waals surface area contributed by atoms with E-state index in [9.17, 15) is 4.79 Å². The fraction of sp³-hybridized carbons (Fsp3) is 0.500. The van der Waals surface area contributed by atoms with Crippen LogP contribution in [0.15, 0.2) is 41.3 Å². The van der Waals surface area contributed by atoms with Gasteiger partial charge < -0.3 is 16.5 Å². The number of rotatable bonds is 3. The molecule has 0 bridgehead atoms. The molecule has 0 saturated carbocycles. The van der Waals surface area contributed by atoms with Crippen LogP contribution in [-0.2, 0) is 6.54 Å². The fourth-order valence-corrected chi connectivity index (χ4v) is 3.45. The van der Waals surface area contributed by atoms with Crippen LogP contribution in [0.2, 0.25) is 0 Å². The highest BCUT2D eigenvalue weighted by molar-refractivity contribution is 5.75. The highest BCUT2D eigenvalue weighted by Crippen LogP contribution is 2.16. The number of likely N-dealkylation sites (tertiary alicyclic amines) is 1. The van der Waals surface area contributed by atoms with Gasteiger partial charge in [-0.1, -0.05) is 60.1 Å². The molecule has 4 rings (SSSR count). The third kappa shape index (κ3) is 10.2. The number of H-pyrrole nitrogens is 1. The van der Waals surface area contributed by atoms with Gasteiger partial charge in [-0.25, -0.2) is 4.79 Å². The van der Waals surface area contributed by atoms with Crippen LogP contribution in [0.1, 0.15) is 72.1 Å². The Kier molecular flexibility index (Phi) is 15.8. The van der Waals surface area contributed by atoms with Crippen molar-refractivity contribution in [2.45, 2.75) is 74.3 Å². The summed E-state index contributed by atoms with van der Waals surface area (Å²) in [6.45, 7) is 17.3. The zero-order valence-electron chi connectivity index (χ0n) is 22.1. The Morgan fingerprint density at radius 2 is 1.53 bits per heavy atom. The van der Waals surface area contributed by atoms with E-state index >= 15 is 0 Å². The summed E-state index contributed by atoms with van der Waals surface area (Å²) in [6, 6.07) is 10.2. The van der Waals surface area contributed by atoms with Crippen LogP contribution >= 0.6 is 0 Å². The van der Waals surface area contributed by atoms with Gasteiger partial charge in [-0.15, -0.1) is 0 Å². The molecule has 1 aliphatic rings. The number of nitrogens with zero attached hydrogens (tertiary/aromatic N) is 3. The molecule has 1 fully saturated rings. The van der Waals surface area contributed by atoms with Gasteiger partial charge in [0.2, 0.25) is 0 Å². The van der Waals surface area contributed by atoms with E-state index in [1.54, 1.807) is 4.57 Å². The van der Waals surface area contributed by atoms with Crippen molar-refractivity contribution in [2.75, 3.05) is 13.1 Å². The first-order chi connectivity index (χ1) is 16.4. The molecule has 0 atom stereocenters. The monoisotopic (exact) mass is 471 g/mol. The molecule has 1 aliphatic heterocycles. The summed E-state index contributed by atoms with van der Waals surface area (Å²) in [5.41, 5.74) is 12.5. The number of aromatic nitrogens is 3. The molecule has 0 spiro atoms. The summed E-state index contributed by atoms with van der Waals surface area (Å²) in [7, 11) is 0. The van der Waals surface area contributed by atoms with Crippen LogP contribution in [0.4, 0.5) is 0 Å². The topological polar surface area (TPSA) is 130 Å². The largest absolute Gasteiger partial charge is 0.370 e. The third-order valence-corrected chi connectivity index (χ3v) is 4.71. The average molecular weight is 472 g/mol. The number of benzene rings is 1. The second-order valence-electron chi connectivity index (χ2n) is 7.11. The molecule has 8 heteroatoms. The summed E-state index contributed by atoms with van der Waals surface area (Å²) in [4.78, 5) is 22.0. The number of aryl methyl sites for hydroxylation is 1. The molecule has 1 saturated heterocycles. The van der Waals surface area contributed by atoms with Crippen LogP contribution in [0.3, 0.4) is 0 Å². The highest BCUT2D eigenvalue weighted by atomic mass is 16.1. The van der Waals surface area contributed by atoms with Crippen molar-refractivity contribution in [3.8, 4) is 5.69 Å². The lowest BCUT2D eigenvalue weighted by molar-refractivity contribution is 0.221. The summed E-state index contributed by atoms with van der Waals surface area (Å²) >= 11 is 0. The van der Waals surface area contributed by atoms with E-state index in [1.165, 1.54) is 37.9 Å². The van der Waals surface area contributed by atoms with E-state index < -0.39 is 0 Å². The summed E-state index contributed by atoms with van der Waals surface area (Å²) in [5.74, 6) is -0.333. The highest BCUT2D eigenvalue weighted by Gasteiger charge is 2.11. The lowest BCUT2D eigenvalue weighted by Crippen LogP contribution is -2.29. The number of piperidine rings is 1. The van der Waals surface area contributed by atoms with E-state index in [1.807, 2.05) is 72.9 Å². The minimum Gasteiger partial charge on any atom is -0.370 e. The average Bonchev–Trinajstić information content (AvgIpc) is 3.22. The van der Waals surface area contributed by atoms with Gasteiger partial charge in [0, 0.05) is 23.8 Å². The maximum atomic E-state index is 12.3. The normalized spacial score (nSPS) is 12.4. The third-order valence-electron chi connectivity index (χ3n) is 4.71.